The highest BCUT2D eigenvalue weighted by atomic mass is 79.9. The van der Waals surface area contributed by atoms with Gasteiger partial charge in [0.25, 0.3) is 0 Å². The number of halogens is 2. The van der Waals surface area contributed by atoms with E-state index in [-0.39, 0.29) is 0 Å². The number of amides is 1. The smallest absolute Gasteiger partial charge is 0.412 e. The number of benzene rings is 1. The van der Waals surface area contributed by atoms with Crippen LogP contribution in [0.25, 0.3) is 0 Å². The number of primary amides is 1. The Morgan fingerprint density at radius 3 is 2.24 bits per heavy atom. The van der Waals surface area contributed by atoms with Gasteiger partial charge in [0.05, 0.1) is 0 Å². The molecule has 0 radical (unpaired) electrons. The van der Waals surface area contributed by atoms with Crippen LogP contribution in [0.2, 0.25) is 5.02 Å². The van der Waals surface area contributed by atoms with Crippen LogP contribution in [-0.2, 0) is 14.3 Å². The molecule has 0 aliphatic heterocycles. The Kier molecular flexibility index (Phi) is 5.74. The second-order valence-electron chi connectivity index (χ2n) is 4.59. The summed E-state index contributed by atoms with van der Waals surface area (Å²) in [6.07, 6.45) is -1.27. The van der Waals surface area contributed by atoms with Crippen molar-refractivity contribution in [2.75, 3.05) is 0 Å². The molecule has 0 saturated heterocycles. The van der Waals surface area contributed by atoms with Crippen molar-refractivity contribution in [3.8, 4) is 5.75 Å². The predicted octanol–water partition coefficient (Wildman–Crippen LogP) is 2.66. The third-order valence-electron chi connectivity index (χ3n) is 2.58. The van der Waals surface area contributed by atoms with Gasteiger partial charge in [-0.2, -0.15) is 0 Å². The van der Waals surface area contributed by atoms with Gasteiger partial charge in [0.2, 0.25) is 10.8 Å². The second kappa shape index (κ2) is 6.91. The van der Waals surface area contributed by atoms with E-state index in [1.165, 1.54) is 13.8 Å². The first kappa shape index (κ1) is 17.5. The van der Waals surface area contributed by atoms with Crippen LogP contribution in [0, 0.1) is 5.41 Å². The number of Topliss-reactive ketones (excluding diaryl/α,β-unsaturated/α-hetero) is 1. The lowest BCUT2D eigenvalue weighted by Gasteiger charge is -2.23. The number of ketones is 1. The van der Waals surface area contributed by atoms with Gasteiger partial charge in [-0.3, -0.25) is 9.59 Å². The van der Waals surface area contributed by atoms with Gasteiger partial charge < -0.3 is 15.2 Å². The number of hydrogen-bond donors (Lipinski definition) is 1. The molecule has 21 heavy (non-hydrogen) atoms. The van der Waals surface area contributed by atoms with Gasteiger partial charge in [-0.1, -0.05) is 11.6 Å². The first-order chi connectivity index (χ1) is 9.64. The van der Waals surface area contributed by atoms with E-state index in [0.29, 0.717) is 10.8 Å². The molecule has 1 rings (SSSR count). The highest BCUT2D eigenvalue weighted by Gasteiger charge is 2.42. The summed E-state index contributed by atoms with van der Waals surface area (Å²) < 4.78 is 9.59. The van der Waals surface area contributed by atoms with Crippen molar-refractivity contribution in [1.29, 1.82) is 0 Å². The fourth-order valence-electron chi connectivity index (χ4n) is 1.29. The van der Waals surface area contributed by atoms with Gasteiger partial charge in [0.15, 0.2) is 0 Å². The molecule has 0 fully saturated rings. The van der Waals surface area contributed by atoms with Gasteiger partial charge in [-0.25, -0.2) is 4.79 Å². The van der Waals surface area contributed by atoms with Gasteiger partial charge >= 0.3 is 12.1 Å². The summed E-state index contributed by atoms with van der Waals surface area (Å²) in [5, 5.41) is -0.584. The van der Waals surface area contributed by atoms with E-state index < -0.39 is 28.3 Å². The maximum Gasteiger partial charge on any atom is 0.412 e. The predicted molar refractivity (Wildman–Crippen MR) is 79.3 cm³/mol. The van der Waals surface area contributed by atoms with E-state index in [1.807, 2.05) is 0 Å². The standard InChI is InChI=1S/C13H13BrClNO5/c1-13(2,11(18)21-12(16)19)9(17)10(14)20-8-5-3-7(15)4-6-8/h3-6,10H,1-2H3,(H2,16,19). The Hall–Kier alpha value is -1.60. The highest BCUT2D eigenvalue weighted by molar-refractivity contribution is 9.09. The Labute approximate surface area is 134 Å². The zero-order chi connectivity index (χ0) is 16.2. The SMILES string of the molecule is CC(C)(C(=O)OC(N)=O)C(=O)C(Br)Oc1ccc(Cl)cc1. The first-order valence-electron chi connectivity index (χ1n) is 5.77. The van der Waals surface area contributed by atoms with Crippen molar-refractivity contribution in [2.45, 2.75) is 18.9 Å². The molecule has 1 aromatic carbocycles. The van der Waals surface area contributed by atoms with E-state index in [9.17, 15) is 14.4 Å². The average Bonchev–Trinajstić information content (AvgIpc) is 2.39. The molecular formula is C13H13BrClNO5. The Morgan fingerprint density at radius 2 is 1.76 bits per heavy atom. The van der Waals surface area contributed by atoms with Crippen LogP contribution in [0.15, 0.2) is 24.3 Å². The van der Waals surface area contributed by atoms with E-state index in [2.05, 4.69) is 20.7 Å². The van der Waals surface area contributed by atoms with Gasteiger partial charge in [0, 0.05) is 5.02 Å². The molecule has 0 aliphatic carbocycles. The fourth-order valence-corrected chi connectivity index (χ4v) is 2.20. The Bertz CT molecular complexity index is 558. The van der Waals surface area contributed by atoms with Crippen molar-refractivity contribution in [3.63, 3.8) is 0 Å². The lowest BCUT2D eigenvalue weighted by molar-refractivity contribution is -0.153. The largest absolute Gasteiger partial charge is 0.471 e. The molecule has 1 unspecified atom stereocenters. The molecule has 114 valence electrons. The summed E-state index contributed by atoms with van der Waals surface area (Å²) in [4.78, 5) is 34.5. The van der Waals surface area contributed by atoms with E-state index in [1.54, 1.807) is 24.3 Å². The van der Waals surface area contributed by atoms with Gasteiger partial charge in [-0.15, -0.1) is 0 Å². The molecule has 0 heterocycles. The molecule has 0 saturated carbocycles. The molecule has 6 nitrogen and oxygen atoms in total. The normalized spacial score (nSPS) is 12.4. The third kappa shape index (κ3) is 4.71. The molecule has 2 N–H and O–H groups in total. The number of hydrogen-bond acceptors (Lipinski definition) is 5. The van der Waals surface area contributed by atoms with Crippen LogP contribution >= 0.6 is 27.5 Å². The van der Waals surface area contributed by atoms with E-state index in [0.717, 1.165) is 0 Å². The second-order valence-corrected chi connectivity index (χ2v) is 5.85. The topological polar surface area (TPSA) is 95.7 Å². The van der Waals surface area contributed by atoms with E-state index >= 15 is 0 Å². The minimum atomic E-state index is -1.60. The zero-order valence-electron chi connectivity index (χ0n) is 11.3. The minimum Gasteiger partial charge on any atom is -0.471 e. The monoisotopic (exact) mass is 377 g/mol. The van der Waals surface area contributed by atoms with Crippen molar-refractivity contribution < 1.29 is 23.9 Å². The molecule has 0 bridgehead atoms. The molecular weight excluding hydrogens is 366 g/mol. The number of nitrogens with two attached hydrogens (primary N) is 1. The average molecular weight is 379 g/mol. The van der Waals surface area contributed by atoms with Crippen molar-refractivity contribution >= 4 is 45.4 Å². The van der Waals surface area contributed by atoms with Crippen LogP contribution in [-0.4, -0.2) is 22.9 Å². The number of carbonyl (C=O) groups excluding carboxylic acids is 3. The van der Waals surface area contributed by atoms with Crippen LogP contribution in [0.4, 0.5) is 4.79 Å². The quantitative estimate of drug-likeness (QED) is 0.483. The summed E-state index contributed by atoms with van der Waals surface area (Å²) in [6, 6.07) is 6.32. The number of ether oxygens (including phenoxy) is 2. The maximum atomic E-state index is 12.2. The Morgan fingerprint density at radius 1 is 1.24 bits per heavy atom. The molecule has 1 amide bonds. The van der Waals surface area contributed by atoms with Crippen molar-refractivity contribution in [2.24, 2.45) is 11.1 Å². The van der Waals surface area contributed by atoms with Crippen molar-refractivity contribution in [3.05, 3.63) is 29.3 Å². The molecule has 0 aliphatic rings. The van der Waals surface area contributed by atoms with E-state index in [4.69, 9.17) is 22.1 Å². The summed E-state index contributed by atoms with van der Waals surface area (Å²) >= 11 is 8.77. The highest BCUT2D eigenvalue weighted by Crippen LogP contribution is 2.26. The molecule has 1 aromatic rings. The number of rotatable bonds is 5. The molecule has 1 atom stereocenters. The summed E-state index contributed by atoms with van der Waals surface area (Å²) in [6.45, 7) is 2.61. The van der Waals surface area contributed by atoms with Crippen LogP contribution < -0.4 is 10.5 Å². The number of alkyl halides is 1. The minimum absolute atomic E-state index is 0.383. The summed E-state index contributed by atoms with van der Waals surface area (Å²) in [7, 11) is 0. The van der Waals surface area contributed by atoms with Crippen LogP contribution in [0.3, 0.4) is 0 Å². The number of esters is 1. The van der Waals surface area contributed by atoms with Crippen LogP contribution in [0.1, 0.15) is 13.8 Å². The maximum absolute atomic E-state index is 12.2. The van der Waals surface area contributed by atoms with Crippen molar-refractivity contribution in [1.82, 2.24) is 0 Å². The number of carbonyl (C=O) groups is 3. The van der Waals surface area contributed by atoms with Crippen LogP contribution in [0.5, 0.6) is 5.75 Å². The van der Waals surface area contributed by atoms with Gasteiger partial charge in [-0.05, 0) is 54.0 Å². The summed E-state index contributed by atoms with van der Waals surface area (Å²) in [5.41, 5.74) is 3.15. The molecule has 0 spiro atoms. The molecule has 0 aromatic heterocycles. The molecule has 8 heteroatoms. The lowest BCUT2D eigenvalue weighted by Crippen LogP contribution is -2.42. The zero-order valence-corrected chi connectivity index (χ0v) is 13.6. The fraction of sp³-hybridized carbons (Fsp3) is 0.308. The first-order valence-corrected chi connectivity index (χ1v) is 7.06. The lowest BCUT2D eigenvalue weighted by atomic mass is 9.88. The summed E-state index contributed by atoms with van der Waals surface area (Å²) in [5.74, 6) is -1.29. The Balaban J connectivity index is 2.78. The third-order valence-corrected chi connectivity index (χ3v) is 3.43. The van der Waals surface area contributed by atoms with Gasteiger partial charge in [0.1, 0.15) is 11.2 Å².